The quantitative estimate of drug-likeness (QED) is 0.294. The number of alkyl halides is 3. The van der Waals surface area contributed by atoms with Gasteiger partial charge >= 0.3 is 6.18 Å². The summed E-state index contributed by atoms with van der Waals surface area (Å²) >= 11 is 6.13. The van der Waals surface area contributed by atoms with Gasteiger partial charge in [-0.3, -0.25) is 0 Å². The van der Waals surface area contributed by atoms with Crippen LogP contribution in [0.1, 0.15) is 24.1 Å². The molecule has 0 unspecified atom stereocenters. The first-order valence-corrected chi connectivity index (χ1v) is 11.4. The molecule has 1 saturated heterocycles. The minimum Gasteiger partial charge on any atom is -0.372 e. The summed E-state index contributed by atoms with van der Waals surface area (Å²) in [6.45, 7) is 2.54. The van der Waals surface area contributed by atoms with Crippen LogP contribution in [0.5, 0.6) is 0 Å². The van der Waals surface area contributed by atoms with Crippen LogP contribution in [0, 0.1) is 0 Å². The zero-order chi connectivity index (χ0) is 23.3. The van der Waals surface area contributed by atoms with Gasteiger partial charge in [0.25, 0.3) is 0 Å². The SMILES string of the molecule is FC(F)(F)c1cc(Sc2ncccn2)nc(NC(=S)NCc2ccc(N3CCCC3)cc2)n1. The number of nitrogens with one attached hydrogen (secondary N) is 2. The van der Waals surface area contributed by atoms with Gasteiger partial charge < -0.3 is 15.5 Å². The van der Waals surface area contributed by atoms with Gasteiger partial charge in [-0.1, -0.05) is 12.1 Å². The molecule has 0 spiro atoms. The van der Waals surface area contributed by atoms with Crippen LogP contribution >= 0.6 is 24.0 Å². The zero-order valence-electron chi connectivity index (χ0n) is 17.3. The molecule has 0 aliphatic carbocycles. The second kappa shape index (κ2) is 10.3. The highest BCUT2D eigenvalue weighted by atomic mass is 32.2. The maximum atomic E-state index is 13.3. The van der Waals surface area contributed by atoms with Crippen molar-refractivity contribution in [2.45, 2.75) is 35.7 Å². The lowest BCUT2D eigenvalue weighted by Gasteiger charge is -2.18. The van der Waals surface area contributed by atoms with Crippen LogP contribution in [-0.4, -0.2) is 38.1 Å². The largest absolute Gasteiger partial charge is 0.433 e. The summed E-state index contributed by atoms with van der Waals surface area (Å²) in [5.74, 6) is -0.259. The van der Waals surface area contributed by atoms with Gasteiger partial charge in [0.2, 0.25) is 5.95 Å². The molecule has 1 aromatic carbocycles. The first kappa shape index (κ1) is 23.2. The average molecular weight is 492 g/mol. The van der Waals surface area contributed by atoms with Gasteiger partial charge in [0, 0.05) is 43.8 Å². The Labute approximate surface area is 198 Å². The summed E-state index contributed by atoms with van der Waals surface area (Å²) in [7, 11) is 0. The fraction of sp³-hybridized carbons (Fsp3) is 0.286. The van der Waals surface area contributed by atoms with E-state index in [1.165, 1.54) is 30.9 Å². The monoisotopic (exact) mass is 491 g/mol. The third-order valence-electron chi connectivity index (χ3n) is 4.82. The van der Waals surface area contributed by atoms with E-state index in [1.54, 1.807) is 6.07 Å². The third-order valence-corrected chi connectivity index (χ3v) is 5.88. The summed E-state index contributed by atoms with van der Waals surface area (Å²) in [4.78, 5) is 18.0. The minimum atomic E-state index is -4.64. The lowest BCUT2D eigenvalue weighted by Crippen LogP contribution is -2.29. The maximum absolute atomic E-state index is 13.3. The van der Waals surface area contributed by atoms with Crippen molar-refractivity contribution < 1.29 is 13.2 Å². The number of benzene rings is 1. The highest BCUT2D eigenvalue weighted by molar-refractivity contribution is 7.99. The predicted molar refractivity (Wildman–Crippen MR) is 124 cm³/mol. The fourth-order valence-corrected chi connectivity index (χ4v) is 4.12. The van der Waals surface area contributed by atoms with Crippen molar-refractivity contribution in [2.24, 2.45) is 0 Å². The molecular formula is C21H20F3N7S2. The molecule has 3 heterocycles. The van der Waals surface area contributed by atoms with E-state index < -0.39 is 11.9 Å². The molecule has 0 saturated carbocycles. The molecule has 1 fully saturated rings. The number of anilines is 2. The normalized spacial score (nSPS) is 13.7. The van der Waals surface area contributed by atoms with E-state index in [9.17, 15) is 13.2 Å². The number of thiocarbonyl (C=S) groups is 1. The Hall–Kier alpha value is -2.99. The van der Waals surface area contributed by atoms with Crippen molar-refractivity contribution in [1.29, 1.82) is 0 Å². The number of rotatable bonds is 6. The molecule has 0 radical (unpaired) electrons. The first-order valence-electron chi connectivity index (χ1n) is 10.2. The Balaban J connectivity index is 1.40. The van der Waals surface area contributed by atoms with E-state index in [4.69, 9.17) is 12.2 Å². The average Bonchev–Trinajstić information content (AvgIpc) is 3.33. The van der Waals surface area contributed by atoms with Crippen molar-refractivity contribution >= 4 is 40.7 Å². The molecule has 33 heavy (non-hydrogen) atoms. The van der Waals surface area contributed by atoms with E-state index in [-0.39, 0.29) is 21.2 Å². The molecule has 2 N–H and O–H groups in total. The van der Waals surface area contributed by atoms with Crippen molar-refractivity contribution in [3.63, 3.8) is 0 Å². The first-order chi connectivity index (χ1) is 15.9. The second-order valence-electron chi connectivity index (χ2n) is 7.21. The summed E-state index contributed by atoms with van der Waals surface area (Å²) in [6.07, 6.45) is 0.769. The lowest BCUT2D eigenvalue weighted by molar-refractivity contribution is -0.141. The molecule has 0 bridgehead atoms. The van der Waals surface area contributed by atoms with Gasteiger partial charge in [-0.05, 0) is 60.6 Å². The van der Waals surface area contributed by atoms with Gasteiger partial charge in [-0.25, -0.2) is 19.9 Å². The van der Waals surface area contributed by atoms with Crippen molar-refractivity contribution in [3.05, 3.63) is 60.0 Å². The number of nitrogens with zero attached hydrogens (tertiary/aromatic N) is 5. The minimum absolute atomic E-state index is 0.0475. The van der Waals surface area contributed by atoms with Crippen LogP contribution in [-0.2, 0) is 12.7 Å². The highest BCUT2D eigenvalue weighted by Crippen LogP contribution is 2.32. The number of aromatic nitrogens is 4. The van der Waals surface area contributed by atoms with Gasteiger partial charge in [-0.15, -0.1) is 0 Å². The van der Waals surface area contributed by atoms with Gasteiger partial charge in [0.1, 0.15) is 5.03 Å². The Morgan fingerprint density at radius 1 is 1.06 bits per heavy atom. The number of hydrogen-bond donors (Lipinski definition) is 2. The van der Waals surface area contributed by atoms with E-state index in [0.717, 1.165) is 36.5 Å². The molecule has 2 aromatic heterocycles. The van der Waals surface area contributed by atoms with Crippen LogP contribution < -0.4 is 15.5 Å². The molecule has 3 aromatic rings. The van der Waals surface area contributed by atoms with E-state index in [0.29, 0.717) is 6.54 Å². The summed E-state index contributed by atoms with van der Waals surface area (Å²) in [5.41, 5.74) is 1.09. The number of hydrogen-bond acceptors (Lipinski definition) is 7. The number of halogens is 3. The standard InChI is InChI=1S/C21H20F3N7S2/c22-21(23,24)16-12-17(33-20-25-8-3-9-26-20)29-18(28-16)30-19(32)27-13-14-4-6-15(7-5-14)31-10-1-2-11-31/h3-9,12H,1-2,10-11,13H2,(H2,27,28,29,30,32). The van der Waals surface area contributed by atoms with Crippen LogP contribution in [0.15, 0.2) is 59.0 Å². The second-order valence-corrected chi connectivity index (χ2v) is 8.61. The van der Waals surface area contributed by atoms with Gasteiger partial charge in [0.15, 0.2) is 16.0 Å². The van der Waals surface area contributed by atoms with Crippen LogP contribution in [0.3, 0.4) is 0 Å². The summed E-state index contributed by atoms with van der Waals surface area (Å²) in [5, 5.41) is 6.06. The molecule has 7 nitrogen and oxygen atoms in total. The molecule has 0 atom stereocenters. The zero-order valence-corrected chi connectivity index (χ0v) is 19.0. The van der Waals surface area contributed by atoms with Gasteiger partial charge in [-0.2, -0.15) is 13.2 Å². The van der Waals surface area contributed by atoms with E-state index in [1.807, 2.05) is 12.1 Å². The Morgan fingerprint density at radius 3 is 2.42 bits per heavy atom. The Kier molecular flexibility index (Phi) is 7.23. The maximum Gasteiger partial charge on any atom is 0.433 e. The summed E-state index contributed by atoms with van der Waals surface area (Å²) in [6, 6.07) is 10.6. The molecule has 12 heteroatoms. The van der Waals surface area contributed by atoms with Crippen molar-refractivity contribution in [3.8, 4) is 0 Å². The predicted octanol–water partition coefficient (Wildman–Crippen LogP) is 4.52. The lowest BCUT2D eigenvalue weighted by atomic mass is 10.2. The molecule has 1 aliphatic rings. The summed E-state index contributed by atoms with van der Waals surface area (Å²) < 4.78 is 40.0. The van der Waals surface area contributed by atoms with Gasteiger partial charge in [0.05, 0.1) is 0 Å². The topological polar surface area (TPSA) is 78.9 Å². The van der Waals surface area contributed by atoms with E-state index in [2.05, 4.69) is 47.6 Å². The smallest absolute Gasteiger partial charge is 0.372 e. The molecule has 1 aliphatic heterocycles. The van der Waals surface area contributed by atoms with Crippen LogP contribution in [0.4, 0.5) is 24.8 Å². The van der Waals surface area contributed by atoms with E-state index >= 15 is 0 Å². The molecule has 172 valence electrons. The van der Waals surface area contributed by atoms with Crippen LogP contribution in [0.2, 0.25) is 0 Å². The molecule has 0 amide bonds. The molecule has 4 rings (SSSR count). The Bertz CT molecular complexity index is 1090. The van der Waals surface area contributed by atoms with Crippen molar-refractivity contribution in [2.75, 3.05) is 23.3 Å². The third kappa shape index (κ3) is 6.51. The molecular weight excluding hydrogens is 471 g/mol. The fourth-order valence-electron chi connectivity index (χ4n) is 3.24. The van der Waals surface area contributed by atoms with Crippen molar-refractivity contribution in [1.82, 2.24) is 25.3 Å². The van der Waals surface area contributed by atoms with Crippen LogP contribution in [0.25, 0.3) is 0 Å². The highest BCUT2D eigenvalue weighted by Gasteiger charge is 2.34. The Morgan fingerprint density at radius 2 is 1.76 bits per heavy atom.